The second-order valence-corrected chi connectivity index (χ2v) is 4.14. The lowest BCUT2D eigenvalue weighted by Crippen LogP contribution is -2.30. The van der Waals surface area contributed by atoms with Gasteiger partial charge in [0.2, 0.25) is 5.82 Å². The van der Waals surface area contributed by atoms with Crippen LogP contribution in [0.1, 0.15) is 13.8 Å². The highest BCUT2D eigenvalue weighted by atomic mass is 16.6. The molecule has 0 fully saturated rings. The van der Waals surface area contributed by atoms with Crippen molar-refractivity contribution < 1.29 is 10.0 Å². The van der Waals surface area contributed by atoms with Crippen molar-refractivity contribution in [1.82, 2.24) is 4.98 Å². The number of nitrogens with two attached hydrogens (primary N) is 1. The molecule has 0 aliphatic rings. The molecule has 1 aromatic rings. The summed E-state index contributed by atoms with van der Waals surface area (Å²) < 4.78 is 0. The van der Waals surface area contributed by atoms with E-state index < -0.39 is 4.92 Å². The second kappa shape index (κ2) is 6.12. The van der Waals surface area contributed by atoms with Gasteiger partial charge in [-0.05, 0) is 12.0 Å². The molecule has 100 valence electrons. The van der Waals surface area contributed by atoms with E-state index in [2.05, 4.69) is 15.7 Å². The summed E-state index contributed by atoms with van der Waals surface area (Å²) in [5.41, 5.74) is 2.16. The number of aliphatic hydroxyl groups excluding tert-OH is 1. The van der Waals surface area contributed by atoms with Crippen molar-refractivity contribution in [3.05, 3.63) is 22.2 Å². The van der Waals surface area contributed by atoms with Gasteiger partial charge in [-0.25, -0.2) is 10.8 Å². The van der Waals surface area contributed by atoms with E-state index in [-0.39, 0.29) is 30.1 Å². The third kappa shape index (κ3) is 3.28. The third-order valence-electron chi connectivity index (χ3n) is 2.54. The zero-order valence-corrected chi connectivity index (χ0v) is 10.3. The van der Waals surface area contributed by atoms with Crippen LogP contribution in [0, 0.1) is 16.0 Å². The first-order chi connectivity index (χ1) is 8.49. The van der Waals surface area contributed by atoms with E-state index in [0.717, 1.165) is 0 Å². The number of hydrazine groups is 1. The lowest BCUT2D eigenvalue weighted by Gasteiger charge is -2.20. The summed E-state index contributed by atoms with van der Waals surface area (Å²) >= 11 is 0. The van der Waals surface area contributed by atoms with Crippen molar-refractivity contribution in [2.75, 3.05) is 17.3 Å². The number of nitrogen functional groups attached to an aromatic ring is 1. The fraction of sp³-hybridized carbons (Fsp3) is 0.500. The number of nitrogens with zero attached hydrogens (tertiary/aromatic N) is 2. The normalized spacial score (nSPS) is 12.3. The van der Waals surface area contributed by atoms with Crippen LogP contribution in [0.5, 0.6) is 0 Å². The van der Waals surface area contributed by atoms with E-state index in [0.29, 0.717) is 5.82 Å². The molecule has 0 saturated carbocycles. The number of nitro groups is 1. The van der Waals surface area contributed by atoms with Gasteiger partial charge in [0.05, 0.1) is 17.6 Å². The van der Waals surface area contributed by atoms with Crippen LogP contribution in [0.4, 0.5) is 17.3 Å². The van der Waals surface area contributed by atoms with Crippen LogP contribution < -0.4 is 16.6 Å². The summed E-state index contributed by atoms with van der Waals surface area (Å²) in [4.78, 5) is 14.3. The number of aromatic nitrogens is 1. The Morgan fingerprint density at radius 3 is 2.67 bits per heavy atom. The Morgan fingerprint density at radius 2 is 2.22 bits per heavy atom. The number of anilines is 2. The topological polar surface area (TPSA) is 126 Å². The largest absolute Gasteiger partial charge is 0.394 e. The van der Waals surface area contributed by atoms with E-state index in [9.17, 15) is 15.2 Å². The van der Waals surface area contributed by atoms with Crippen molar-refractivity contribution in [2.45, 2.75) is 19.9 Å². The van der Waals surface area contributed by atoms with Crippen LogP contribution >= 0.6 is 0 Å². The van der Waals surface area contributed by atoms with Crippen LogP contribution in [0.3, 0.4) is 0 Å². The van der Waals surface area contributed by atoms with Gasteiger partial charge in [-0.1, -0.05) is 13.8 Å². The van der Waals surface area contributed by atoms with Gasteiger partial charge in [0.1, 0.15) is 5.82 Å². The molecule has 0 aliphatic heterocycles. The highest BCUT2D eigenvalue weighted by Gasteiger charge is 2.20. The zero-order valence-electron chi connectivity index (χ0n) is 10.3. The lowest BCUT2D eigenvalue weighted by molar-refractivity contribution is -0.384. The number of pyridine rings is 1. The highest BCUT2D eigenvalue weighted by Crippen LogP contribution is 2.25. The van der Waals surface area contributed by atoms with Gasteiger partial charge >= 0.3 is 5.69 Å². The average molecular weight is 255 g/mol. The van der Waals surface area contributed by atoms with Gasteiger partial charge in [-0.15, -0.1) is 0 Å². The molecule has 0 aliphatic carbocycles. The first-order valence-corrected chi connectivity index (χ1v) is 5.49. The second-order valence-electron chi connectivity index (χ2n) is 4.14. The predicted octanol–water partition coefficient (Wildman–Crippen LogP) is 0.704. The summed E-state index contributed by atoms with van der Waals surface area (Å²) in [5.74, 6) is 5.71. The molecule has 1 atom stereocenters. The van der Waals surface area contributed by atoms with Gasteiger partial charge in [0.15, 0.2) is 0 Å². The number of hydrogen-bond acceptors (Lipinski definition) is 7. The summed E-state index contributed by atoms with van der Waals surface area (Å²) in [7, 11) is 0. The standard InChI is InChI=1S/C10H17N5O3/c1-6(2)7(5-16)12-10-8(15(17)18)3-4-9(13-10)14-11/h3-4,6-7,16H,5,11H2,1-2H3,(H2,12,13,14). The molecule has 8 nitrogen and oxygen atoms in total. The van der Waals surface area contributed by atoms with Crippen molar-refractivity contribution in [3.8, 4) is 0 Å². The molecule has 0 saturated heterocycles. The Labute approximate surface area is 104 Å². The molecule has 1 rings (SSSR count). The summed E-state index contributed by atoms with van der Waals surface area (Å²) in [6.07, 6.45) is 0. The maximum atomic E-state index is 10.9. The molecule has 1 heterocycles. The van der Waals surface area contributed by atoms with Crippen LogP contribution in [0.15, 0.2) is 12.1 Å². The molecular formula is C10H17N5O3. The predicted molar refractivity (Wildman–Crippen MR) is 68.0 cm³/mol. The lowest BCUT2D eigenvalue weighted by atomic mass is 10.1. The Morgan fingerprint density at radius 1 is 1.56 bits per heavy atom. The molecule has 18 heavy (non-hydrogen) atoms. The van der Waals surface area contributed by atoms with Crippen LogP contribution in [-0.4, -0.2) is 27.7 Å². The molecule has 0 bridgehead atoms. The molecule has 0 aromatic carbocycles. The van der Waals surface area contributed by atoms with Crippen molar-refractivity contribution in [1.29, 1.82) is 0 Å². The van der Waals surface area contributed by atoms with Gasteiger partial charge in [-0.3, -0.25) is 10.1 Å². The maximum Gasteiger partial charge on any atom is 0.311 e. The van der Waals surface area contributed by atoms with E-state index >= 15 is 0 Å². The van der Waals surface area contributed by atoms with Gasteiger partial charge in [0.25, 0.3) is 0 Å². The Kier molecular flexibility index (Phi) is 4.81. The Bertz CT molecular complexity index is 424. The van der Waals surface area contributed by atoms with Crippen LogP contribution in [0.25, 0.3) is 0 Å². The number of hydrogen-bond donors (Lipinski definition) is 4. The zero-order chi connectivity index (χ0) is 13.7. The fourth-order valence-corrected chi connectivity index (χ4v) is 1.38. The first kappa shape index (κ1) is 14.1. The third-order valence-corrected chi connectivity index (χ3v) is 2.54. The van der Waals surface area contributed by atoms with E-state index in [1.165, 1.54) is 12.1 Å². The average Bonchev–Trinajstić information content (AvgIpc) is 2.34. The minimum atomic E-state index is -0.537. The minimum Gasteiger partial charge on any atom is -0.394 e. The number of rotatable bonds is 6. The van der Waals surface area contributed by atoms with Crippen LogP contribution in [-0.2, 0) is 0 Å². The molecule has 0 amide bonds. The van der Waals surface area contributed by atoms with Gasteiger partial charge in [0, 0.05) is 6.07 Å². The summed E-state index contributed by atoms with van der Waals surface area (Å²) in [6.45, 7) is 3.65. The van der Waals surface area contributed by atoms with Gasteiger partial charge < -0.3 is 15.8 Å². The Balaban J connectivity index is 3.07. The molecule has 1 aromatic heterocycles. The van der Waals surface area contributed by atoms with Gasteiger partial charge in [-0.2, -0.15) is 0 Å². The molecule has 5 N–H and O–H groups in total. The SMILES string of the molecule is CC(C)C(CO)Nc1nc(NN)ccc1[N+](=O)[O-]. The maximum absolute atomic E-state index is 10.9. The molecule has 8 heteroatoms. The van der Waals surface area contributed by atoms with E-state index in [1.54, 1.807) is 0 Å². The Hall–Kier alpha value is -1.93. The molecule has 0 spiro atoms. The number of aliphatic hydroxyl groups is 1. The molecule has 0 radical (unpaired) electrons. The highest BCUT2D eigenvalue weighted by molar-refractivity contribution is 5.60. The van der Waals surface area contributed by atoms with Crippen LogP contribution in [0.2, 0.25) is 0 Å². The summed E-state index contributed by atoms with van der Waals surface area (Å²) in [6, 6.07) is 2.40. The summed E-state index contributed by atoms with van der Waals surface area (Å²) in [5, 5.41) is 22.9. The van der Waals surface area contributed by atoms with Crippen molar-refractivity contribution in [2.24, 2.45) is 11.8 Å². The first-order valence-electron chi connectivity index (χ1n) is 5.49. The number of nitrogens with one attached hydrogen (secondary N) is 2. The minimum absolute atomic E-state index is 0.0863. The smallest absolute Gasteiger partial charge is 0.311 e. The quantitative estimate of drug-likeness (QED) is 0.335. The monoisotopic (exact) mass is 255 g/mol. The van der Waals surface area contributed by atoms with E-state index in [1.807, 2.05) is 13.8 Å². The van der Waals surface area contributed by atoms with Crippen molar-refractivity contribution >= 4 is 17.3 Å². The van der Waals surface area contributed by atoms with E-state index in [4.69, 9.17) is 5.84 Å². The van der Waals surface area contributed by atoms with Crippen molar-refractivity contribution in [3.63, 3.8) is 0 Å². The fourth-order valence-electron chi connectivity index (χ4n) is 1.38. The molecular weight excluding hydrogens is 238 g/mol. The molecule has 1 unspecified atom stereocenters.